The van der Waals surface area contributed by atoms with Gasteiger partial charge in [-0.25, -0.2) is 0 Å². The Balaban J connectivity index is 2.29. The summed E-state index contributed by atoms with van der Waals surface area (Å²) in [5.74, 6) is 0.524. The van der Waals surface area contributed by atoms with Gasteiger partial charge in [-0.2, -0.15) is 0 Å². The summed E-state index contributed by atoms with van der Waals surface area (Å²) < 4.78 is 5.29. The van der Waals surface area contributed by atoms with Gasteiger partial charge in [-0.15, -0.1) is 0 Å². The predicted molar refractivity (Wildman–Crippen MR) is 88.4 cm³/mol. The summed E-state index contributed by atoms with van der Waals surface area (Å²) in [6.45, 7) is 6.27. The van der Waals surface area contributed by atoms with E-state index in [4.69, 9.17) is 4.74 Å². The van der Waals surface area contributed by atoms with E-state index in [2.05, 4.69) is 48.4 Å². The molecule has 2 rings (SSSR count). The molecule has 0 aliphatic heterocycles. The SMILES string of the molecule is CCCNC(CC(C)COC)c1cccc2ccncc12. The van der Waals surface area contributed by atoms with E-state index in [1.165, 1.54) is 16.3 Å². The highest BCUT2D eigenvalue weighted by molar-refractivity contribution is 5.85. The Morgan fingerprint density at radius 3 is 2.90 bits per heavy atom. The molecular weight excluding hydrogens is 260 g/mol. The molecule has 0 fully saturated rings. The molecule has 1 heterocycles. The Bertz CT molecular complexity index is 550. The van der Waals surface area contributed by atoms with Crippen molar-refractivity contribution in [3.05, 3.63) is 42.2 Å². The Kier molecular flexibility index (Phi) is 6.15. The van der Waals surface area contributed by atoms with Crippen molar-refractivity contribution in [1.82, 2.24) is 10.3 Å². The van der Waals surface area contributed by atoms with Gasteiger partial charge in [-0.3, -0.25) is 4.98 Å². The van der Waals surface area contributed by atoms with Crippen LogP contribution in [-0.4, -0.2) is 25.2 Å². The Labute approximate surface area is 127 Å². The maximum absolute atomic E-state index is 5.29. The maximum Gasteiger partial charge on any atom is 0.0488 e. The fourth-order valence-corrected chi connectivity index (χ4v) is 2.83. The first-order chi connectivity index (χ1) is 10.3. The summed E-state index contributed by atoms with van der Waals surface area (Å²) in [5.41, 5.74) is 1.34. The standard InChI is InChI=1S/C18H26N2O/c1-4-9-20-18(11-14(2)13-21-3)16-7-5-6-15-8-10-19-12-17(15)16/h5-8,10,12,14,18,20H,4,9,11,13H2,1-3H3. The van der Waals surface area contributed by atoms with Crippen LogP contribution in [0.3, 0.4) is 0 Å². The van der Waals surface area contributed by atoms with Crippen LogP contribution in [0, 0.1) is 5.92 Å². The Hall–Kier alpha value is -1.45. The van der Waals surface area contributed by atoms with Crippen molar-refractivity contribution in [2.75, 3.05) is 20.3 Å². The molecule has 3 heteroatoms. The molecule has 1 N–H and O–H groups in total. The minimum absolute atomic E-state index is 0.350. The third-order valence-corrected chi connectivity index (χ3v) is 3.82. The normalized spacial score (nSPS) is 14.2. The first-order valence-electron chi connectivity index (χ1n) is 7.81. The monoisotopic (exact) mass is 286 g/mol. The molecule has 0 saturated carbocycles. The second-order valence-electron chi connectivity index (χ2n) is 5.75. The number of benzene rings is 1. The smallest absolute Gasteiger partial charge is 0.0488 e. The second kappa shape index (κ2) is 8.11. The first kappa shape index (κ1) is 15.9. The molecule has 21 heavy (non-hydrogen) atoms. The van der Waals surface area contributed by atoms with Crippen molar-refractivity contribution < 1.29 is 4.74 Å². The molecule has 3 nitrogen and oxygen atoms in total. The predicted octanol–water partition coefficient (Wildman–Crippen LogP) is 3.95. The fourth-order valence-electron chi connectivity index (χ4n) is 2.83. The zero-order valence-corrected chi connectivity index (χ0v) is 13.3. The van der Waals surface area contributed by atoms with Gasteiger partial charge in [-0.1, -0.05) is 32.0 Å². The van der Waals surface area contributed by atoms with Gasteiger partial charge in [-0.05, 0) is 42.3 Å². The molecule has 2 atom stereocenters. The third-order valence-electron chi connectivity index (χ3n) is 3.82. The van der Waals surface area contributed by atoms with Crippen molar-refractivity contribution in [2.24, 2.45) is 5.92 Å². The van der Waals surface area contributed by atoms with Crippen LogP contribution in [0.4, 0.5) is 0 Å². The van der Waals surface area contributed by atoms with E-state index < -0.39 is 0 Å². The Morgan fingerprint density at radius 1 is 1.29 bits per heavy atom. The summed E-state index contributed by atoms with van der Waals surface area (Å²) in [6, 6.07) is 8.93. The highest BCUT2D eigenvalue weighted by Gasteiger charge is 2.17. The van der Waals surface area contributed by atoms with Gasteiger partial charge in [0, 0.05) is 37.5 Å². The van der Waals surface area contributed by atoms with Gasteiger partial charge in [0.25, 0.3) is 0 Å². The summed E-state index contributed by atoms with van der Waals surface area (Å²) in [5, 5.41) is 6.19. The average Bonchev–Trinajstić information content (AvgIpc) is 2.51. The lowest BCUT2D eigenvalue weighted by Crippen LogP contribution is -2.25. The minimum atomic E-state index is 0.350. The van der Waals surface area contributed by atoms with Crippen molar-refractivity contribution in [2.45, 2.75) is 32.7 Å². The molecule has 0 aliphatic carbocycles. The van der Waals surface area contributed by atoms with E-state index in [0.717, 1.165) is 26.0 Å². The van der Waals surface area contributed by atoms with Crippen LogP contribution < -0.4 is 5.32 Å². The largest absolute Gasteiger partial charge is 0.384 e. The van der Waals surface area contributed by atoms with Crippen LogP contribution in [0.15, 0.2) is 36.7 Å². The van der Waals surface area contributed by atoms with E-state index in [0.29, 0.717) is 12.0 Å². The van der Waals surface area contributed by atoms with Crippen LogP contribution in [0.25, 0.3) is 10.8 Å². The van der Waals surface area contributed by atoms with E-state index >= 15 is 0 Å². The van der Waals surface area contributed by atoms with Gasteiger partial charge >= 0.3 is 0 Å². The molecule has 0 spiro atoms. The lowest BCUT2D eigenvalue weighted by Gasteiger charge is -2.23. The van der Waals surface area contributed by atoms with Crippen LogP contribution in [0.1, 0.15) is 38.3 Å². The van der Waals surface area contributed by atoms with Crippen LogP contribution in [-0.2, 0) is 4.74 Å². The van der Waals surface area contributed by atoms with Crippen molar-refractivity contribution in [1.29, 1.82) is 0 Å². The molecule has 0 bridgehead atoms. The fraction of sp³-hybridized carbons (Fsp3) is 0.500. The number of hydrogen-bond donors (Lipinski definition) is 1. The van der Waals surface area contributed by atoms with Gasteiger partial charge in [0.1, 0.15) is 0 Å². The molecule has 2 aromatic rings. The number of hydrogen-bond acceptors (Lipinski definition) is 3. The van der Waals surface area contributed by atoms with Gasteiger partial charge < -0.3 is 10.1 Å². The summed E-state index contributed by atoms with van der Waals surface area (Å²) >= 11 is 0. The van der Waals surface area contributed by atoms with E-state index in [9.17, 15) is 0 Å². The summed E-state index contributed by atoms with van der Waals surface area (Å²) in [6.07, 6.45) is 6.04. The third kappa shape index (κ3) is 4.26. The van der Waals surface area contributed by atoms with Gasteiger partial charge in [0.2, 0.25) is 0 Å². The number of methoxy groups -OCH3 is 1. The quantitative estimate of drug-likeness (QED) is 0.798. The molecule has 0 aliphatic rings. The van der Waals surface area contributed by atoms with Gasteiger partial charge in [0.05, 0.1) is 0 Å². The highest BCUT2D eigenvalue weighted by Crippen LogP contribution is 2.28. The number of ether oxygens (including phenoxy) is 1. The number of rotatable bonds is 8. The van der Waals surface area contributed by atoms with Crippen molar-refractivity contribution >= 4 is 10.8 Å². The average molecular weight is 286 g/mol. The zero-order chi connectivity index (χ0) is 15.1. The molecule has 2 unspecified atom stereocenters. The molecule has 1 aromatic carbocycles. The molecule has 114 valence electrons. The number of aromatic nitrogens is 1. The molecule has 0 saturated heterocycles. The molecule has 0 radical (unpaired) electrons. The van der Waals surface area contributed by atoms with Gasteiger partial charge in [0.15, 0.2) is 0 Å². The summed E-state index contributed by atoms with van der Waals surface area (Å²) in [7, 11) is 1.77. The van der Waals surface area contributed by atoms with Crippen LogP contribution in [0.2, 0.25) is 0 Å². The number of nitrogens with zero attached hydrogens (tertiary/aromatic N) is 1. The molecular formula is C18H26N2O. The van der Waals surface area contributed by atoms with Crippen LogP contribution >= 0.6 is 0 Å². The minimum Gasteiger partial charge on any atom is -0.384 e. The topological polar surface area (TPSA) is 34.1 Å². The second-order valence-corrected chi connectivity index (χ2v) is 5.75. The van der Waals surface area contributed by atoms with E-state index in [1.54, 1.807) is 7.11 Å². The first-order valence-corrected chi connectivity index (χ1v) is 7.81. The molecule has 1 aromatic heterocycles. The number of nitrogens with one attached hydrogen (secondary N) is 1. The summed E-state index contributed by atoms with van der Waals surface area (Å²) in [4.78, 5) is 4.30. The Morgan fingerprint density at radius 2 is 2.14 bits per heavy atom. The van der Waals surface area contributed by atoms with Crippen LogP contribution in [0.5, 0.6) is 0 Å². The van der Waals surface area contributed by atoms with Crippen molar-refractivity contribution in [3.63, 3.8) is 0 Å². The lowest BCUT2D eigenvalue weighted by atomic mass is 9.93. The van der Waals surface area contributed by atoms with Crippen molar-refractivity contribution in [3.8, 4) is 0 Å². The highest BCUT2D eigenvalue weighted by atomic mass is 16.5. The number of fused-ring (bicyclic) bond motifs is 1. The van der Waals surface area contributed by atoms with E-state index in [1.807, 2.05) is 12.4 Å². The lowest BCUT2D eigenvalue weighted by molar-refractivity contribution is 0.149. The molecule has 0 amide bonds. The van der Waals surface area contributed by atoms with E-state index in [-0.39, 0.29) is 0 Å². The zero-order valence-electron chi connectivity index (χ0n) is 13.3. The number of pyridine rings is 1. The maximum atomic E-state index is 5.29.